The summed E-state index contributed by atoms with van der Waals surface area (Å²) in [5.41, 5.74) is 0. The van der Waals surface area contributed by atoms with E-state index in [1.807, 2.05) is 0 Å². The maximum Gasteiger partial charge on any atom is 0.304 e. The Hall–Kier alpha value is -0.780. The lowest BCUT2D eigenvalue weighted by Gasteiger charge is -2.08. The van der Waals surface area contributed by atoms with Crippen molar-refractivity contribution < 1.29 is 17.9 Å². The molecule has 0 saturated heterocycles. The molecule has 0 N–H and O–H groups in total. The van der Waals surface area contributed by atoms with Crippen molar-refractivity contribution in [1.82, 2.24) is 4.98 Å². The number of aromatic nitrogens is 1. The molecule has 1 rings (SSSR count). The summed E-state index contributed by atoms with van der Waals surface area (Å²) in [5.74, 6) is -0.179. The van der Waals surface area contributed by atoms with Crippen molar-refractivity contribution in [3.63, 3.8) is 0 Å². The monoisotopic (exact) mass is 255 g/mol. The Labute approximate surface area is 80.9 Å². The molecule has 1 atom stereocenters. The van der Waals surface area contributed by atoms with Gasteiger partial charge in [-0.05, 0) is 22.0 Å². The molecule has 0 aliphatic heterocycles. The van der Waals surface area contributed by atoms with Gasteiger partial charge in [0, 0.05) is 6.07 Å². The molecule has 0 spiro atoms. The molecule has 0 saturated carbocycles. The molecule has 0 amide bonds. The number of nitrogens with zero attached hydrogens (tertiary/aromatic N) is 1. The molecule has 0 aliphatic rings. The summed E-state index contributed by atoms with van der Waals surface area (Å²) in [7, 11) is 0. The Morgan fingerprint density at radius 2 is 2.00 bits per heavy atom. The fraction of sp³-hybridized carbons (Fsp3) is 0.286. The molecule has 0 aromatic carbocycles. The molecule has 1 aromatic heterocycles. The standard InChI is InChI=1S/C7H5BrF3NO/c8-4-2-1-3-5(12-4)13-7(11)6(9)10/h1-3,6-7H. The van der Waals surface area contributed by atoms with E-state index in [-0.39, 0.29) is 5.88 Å². The van der Waals surface area contributed by atoms with Crippen molar-refractivity contribution in [3.05, 3.63) is 22.8 Å². The van der Waals surface area contributed by atoms with E-state index in [1.165, 1.54) is 12.1 Å². The highest BCUT2D eigenvalue weighted by atomic mass is 79.9. The van der Waals surface area contributed by atoms with Crippen LogP contribution in [0.1, 0.15) is 0 Å². The fourth-order valence-corrected chi connectivity index (χ4v) is 0.949. The van der Waals surface area contributed by atoms with Gasteiger partial charge in [-0.25, -0.2) is 13.8 Å². The second-order valence-electron chi connectivity index (χ2n) is 2.10. The Balaban J connectivity index is 2.64. The van der Waals surface area contributed by atoms with Crippen LogP contribution in [-0.4, -0.2) is 17.8 Å². The first-order chi connectivity index (χ1) is 6.09. The van der Waals surface area contributed by atoms with Crippen molar-refractivity contribution >= 4 is 15.9 Å². The highest BCUT2D eigenvalue weighted by molar-refractivity contribution is 9.10. The maximum absolute atomic E-state index is 12.3. The second-order valence-corrected chi connectivity index (χ2v) is 2.91. The molecule has 1 unspecified atom stereocenters. The summed E-state index contributed by atoms with van der Waals surface area (Å²) in [6.07, 6.45) is -5.80. The average Bonchev–Trinajstić information content (AvgIpc) is 2.04. The minimum atomic E-state index is -3.17. The predicted molar refractivity (Wildman–Crippen MR) is 43.5 cm³/mol. The van der Waals surface area contributed by atoms with E-state index in [2.05, 4.69) is 25.7 Å². The molecule has 2 nitrogen and oxygen atoms in total. The molecule has 72 valence electrons. The van der Waals surface area contributed by atoms with Crippen LogP contribution in [0, 0.1) is 0 Å². The predicted octanol–water partition coefficient (Wildman–Crippen LogP) is 2.78. The van der Waals surface area contributed by atoms with Gasteiger partial charge in [0.25, 0.3) is 6.36 Å². The van der Waals surface area contributed by atoms with Crippen LogP contribution in [0.25, 0.3) is 0 Å². The fourth-order valence-electron chi connectivity index (χ4n) is 0.622. The van der Waals surface area contributed by atoms with Gasteiger partial charge in [-0.15, -0.1) is 0 Å². The number of hydrogen-bond donors (Lipinski definition) is 0. The van der Waals surface area contributed by atoms with Gasteiger partial charge in [0.05, 0.1) is 0 Å². The Kier molecular flexibility index (Phi) is 3.53. The molecule has 0 bridgehead atoms. The average molecular weight is 256 g/mol. The number of alkyl halides is 3. The Morgan fingerprint density at radius 3 is 2.54 bits per heavy atom. The smallest absolute Gasteiger partial charge is 0.304 e. The molecule has 1 heterocycles. The zero-order chi connectivity index (χ0) is 9.84. The van der Waals surface area contributed by atoms with Crippen LogP contribution in [0.3, 0.4) is 0 Å². The Bertz CT molecular complexity index is 284. The minimum Gasteiger partial charge on any atom is -0.437 e. The lowest BCUT2D eigenvalue weighted by atomic mass is 10.5. The molecule has 0 aliphatic carbocycles. The van der Waals surface area contributed by atoms with Gasteiger partial charge in [0.15, 0.2) is 0 Å². The van der Waals surface area contributed by atoms with Gasteiger partial charge in [-0.2, -0.15) is 4.39 Å². The third kappa shape index (κ3) is 3.22. The van der Waals surface area contributed by atoms with E-state index in [0.29, 0.717) is 4.60 Å². The number of rotatable bonds is 3. The summed E-state index contributed by atoms with van der Waals surface area (Å²) >= 11 is 2.99. The van der Waals surface area contributed by atoms with Gasteiger partial charge in [-0.1, -0.05) is 6.07 Å². The first-order valence-electron chi connectivity index (χ1n) is 3.31. The SMILES string of the molecule is FC(F)C(F)Oc1cccc(Br)n1. The first kappa shape index (κ1) is 10.3. The molecular formula is C7H5BrF3NO. The van der Waals surface area contributed by atoms with E-state index < -0.39 is 12.8 Å². The van der Waals surface area contributed by atoms with Crippen molar-refractivity contribution in [2.75, 3.05) is 0 Å². The van der Waals surface area contributed by atoms with E-state index in [4.69, 9.17) is 0 Å². The van der Waals surface area contributed by atoms with Crippen LogP contribution < -0.4 is 4.74 Å². The number of pyridine rings is 1. The van der Waals surface area contributed by atoms with E-state index in [1.54, 1.807) is 6.07 Å². The van der Waals surface area contributed by atoms with Crippen molar-refractivity contribution in [3.8, 4) is 5.88 Å². The first-order valence-corrected chi connectivity index (χ1v) is 4.10. The Morgan fingerprint density at radius 1 is 1.31 bits per heavy atom. The van der Waals surface area contributed by atoms with Crippen molar-refractivity contribution in [1.29, 1.82) is 0 Å². The third-order valence-corrected chi connectivity index (χ3v) is 1.56. The number of hydrogen-bond acceptors (Lipinski definition) is 2. The van der Waals surface area contributed by atoms with Crippen molar-refractivity contribution in [2.24, 2.45) is 0 Å². The van der Waals surface area contributed by atoms with Gasteiger partial charge in [0.2, 0.25) is 5.88 Å². The summed E-state index contributed by atoms with van der Waals surface area (Å²) in [4.78, 5) is 3.62. The van der Waals surface area contributed by atoms with Gasteiger partial charge in [-0.3, -0.25) is 0 Å². The zero-order valence-electron chi connectivity index (χ0n) is 6.25. The molecular weight excluding hydrogens is 251 g/mol. The highest BCUT2D eigenvalue weighted by Crippen LogP contribution is 2.16. The summed E-state index contributed by atoms with van der Waals surface area (Å²) < 4.78 is 40.3. The van der Waals surface area contributed by atoms with Gasteiger partial charge >= 0.3 is 6.43 Å². The van der Waals surface area contributed by atoms with Crippen LogP contribution in [-0.2, 0) is 0 Å². The summed E-state index contributed by atoms with van der Waals surface area (Å²) in [6.45, 7) is 0. The molecule has 0 radical (unpaired) electrons. The molecule has 0 fully saturated rings. The quantitative estimate of drug-likeness (QED) is 0.776. The van der Waals surface area contributed by atoms with E-state index in [9.17, 15) is 13.2 Å². The lowest BCUT2D eigenvalue weighted by molar-refractivity contribution is -0.0691. The highest BCUT2D eigenvalue weighted by Gasteiger charge is 2.21. The second kappa shape index (κ2) is 4.45. The van der Waals surface area contributed by atoms with E-state index >= 15 is 0 Å². The topological polar surface area (TPSA) is 22.1 Å². The minimum absolute atomic E-state index is 0.179. The van der Waals surface area contributed by atoms with Crippen LogP contribution >= 0.6 is 15.9 Å². The number of halogens is 4. The molecule has 1 aromatic rings. The van der Waals surface area contributed by atoms with Crippen molar-refractivity contribution in [2.45, 2.75) is 12.8 Å². The normalized spacial score (nSPS) is 13.0. The van der Waals surface area contributed by atoms with Gasteiger partial charge < -0.3 is 4.74 Å². The maximum atomic E-state index is 12.3. The van der Waals surface area contributed by atoms with Crippen LogP contribution in [0.4, 0.5) is 13.2 Å². The summed E-state index contributed by atoms with van der Waals surface area (Å²) in [6, 6.07) is 4.37. The summed E-state index contributed by atoms with van der Waals surface area (Å²) in [5, 5.41) is 0. The third-order valence-electron chi connectivity index (χ3n) is 1.12. The molecule has 13 heavy (non-hydrogen) atoms. The van der Waals surface area contributed by atoms with Gasteiger partial charge in [0.1, 0.15) is 4.60 Å². The zero-order valence-corrected chi connectivity index (χ0v) is 7.84. The van der Waals surface area contributed by atoms with Crippen LogP contribution in [0.5, 0.6) is 5.88 Å². The van der Waals surface area contributed by atoms with E-state index in [0.717, 1.165) is 0 Å². The molecule has 6 heteroatoms. The lowest BCUT2D eigenvalue weighted by Crippen LogP contribution is -2.19. The van der Waals surface area contributed by atoms with Crippen LogP contribution in [0.2, 0.25) is 0 Å². The van der Waals surface area contributed by atoms with Crippen LogP contribution in [0.15, 0.2) is 22.8 Å². The number of ether oxygens (including phenoxy) is 1. The largest absolute Gasteiger partial charge is 0.437 e.